The zero-order valence-corrected chi connectivity index (χ0v) is 15.8. The first-order valence-corrected chi connectivity index (χ1v) is 8.91. The van der Waals surface area contributed by atoms with Crippen molar-refractivity contribution < 1.29 is 9.59 Å². The summed E-state index contributed by atoms with van der Waals surface area (Å²) in [6.07, 6.45) is 0. The standard InChI is InChI=1S/C19H24N6O2/c1-13-11-18(25-9-7-24(8-10-25)15(3)27)23-19(20-13)22-17-6-4-5-16(12-17)21-14(2)26/h4-6,11-12H,7-10H2,1-3H3,(H,21,26)(H,20,22,23). The van der Waals surface area contributed by atoms with Crippen molar-refractivity contribution in [3.63, 3.8) is 0 Å². The molecule has 1 fully saturated rings. The van der Waals surface area contributed by atoms with E-state index in [9.17, 15) is 9.59 Å². The van der Waals surface area contributed by atoms with Gasteiger partial charge in [0.2, 0.25) is 17.8 Å². The van der Waals surface area contributed by atoms with Crippen molar-refractivity contribution in [1.82, 2.24) is 14.9 Å². The van der Waals surface area contributed by atoms with Gasteiger partial charge in [0.25, 0.3) is 0 Å². The van der Waals surface area contributed by atoms with Gasteiger partial charge >= 0.3 is 0 Å². The molecule has 2 N–H and O–H groups in total. The number of hydrogen-bond donors (Lipinski definition) is 2. The molecule has 1 aromatic heterocycles. The van der Waals surface area contributed by atoms with Gasteiger partial charge in [-0.2, -0.15) is 4.98 Å². The van der Waals surface area contributed by atoms with Gasteiger partial charge in [-0.05, 0) is 25.1 Å². The van der Waals surface area contributed by atoms with E-state index in [0.717, 1.165) is 30.3 Å². The molecular formula is C19H24N6O2. The predicted octanol–water partition coefficient (Wildman–Crippen LogP) is 2.16. The summed E-state index contributed by atoms with van der Waals surface area (Å²) in [6, 6.07) is 9.35. The highest BCUT2D eigenvalue weighted by molar-refractivity contribution is 5.89. The first-order valence-electron chi connectivity index (χ1n) is 8.91. The average molecular weight is 368 g/mol. The van der Waals surface area contributed by atoms with Crippen molar-refractivity contribution >= 4 is 35.0 Å². The zero-order valence-electron chi connectivity index (χ0n) is 15.8. The number of aryl methyl sites for hydroxylation is 1. The van der Waals surface area contributed by atoms with Gasteiger partial charge < -0.3 is 20.4 Å². The van der Waals surface area contributed by atoms with Crippen LogP contribution in [0.2, 0.25) is 0 Å². The Hall–Kier alpha value is -3.16. The number of amides is 2. The highest BCUT2D eigenvalue weighted by Crippen LogP contribution is 2.21. The summed E-state index contributed by atoms with van der Waals surface area (Å²) in [5.74, 6) is 1.33. The second-order valence-electron chi connectivity index (χ2n) is 6.57. The molecule has 2 heterocycles. The fraction of sp³-hybridized carbons (Fsp3) is 0.368. The highest BCUT2D eigenvalue weighted by atomic mass is 16.2. The Balaban J connectivity index is 1.74. The molecule has 1 aromatic carbocycles. The van der Waals surface area contributed by atoms with Crippen LogP contribution in [0.1, 0.15) is 19.5 Å². The molecule has 8 nitrogen and oxygen atoms in total. The maximum Gasteiger partial charge on any atom is 0.229 e. The van der Waals surface area contributed by atoms with Crippen LogP contribution in [0.25, 0.3) is 0 Å². The van der Waals surface area contributed by atoms with Crippen LogP contribution in [0, 0.1) is 6.92 Å². The number of carbonyl (C=O) groups is 2. The molecule has 1 saturated heterocycles. The summed E-state index contributed by atoms with van der Waals surface area (Å²) in [5.41, 5.74) is 2.36. The predicted molar refractivity (Wildman–Crippen MR) is 105 cm³/mol. The summed E-state index contributed by atoms with van der Waals surface area (Å²) < 4.78 is 0. The van der Waals surface area contributed by atoms with E-state index in [1.165, 1.54) is 6.92 Å². The Bertz CT molecular complexity index is 846. The van der Waals surface area contributed by atoms with Crippen molar-refractivity contribution in [2.75, 3.05) is 41.7 Å². The molecule has 2 amide bonds. The van der Waals surface area contributed by atoms with Gasteiger partial charge in [0, 0.05) is 63.2 Å². The topological polar surface area (TPSA) is 90.5 Å². The minimum absolute atomic E-state index is 0.106. The Morgan fingerprint density at radius 3 is 2.37 bits per heavy atom. The van der Waals surface area contributed by atoms with E-state index >= 15 is 0 Å². The van der Waals surface area contributed by atoms with Crippen LogP contribution < -0.4 is 15.5 Å². The third-order valence-electron chi connectivity index (χ3n) is 4.33. The first kappa shape index (κ1) is 18.6. The van der Waals surface area contributed by atoms with Crippen molar-refractivity contribution in [3.8, 4) is 0 Å². The van der Waals surface area contributed by atoms with Crippen molar-refractivity contribution in [3.05, 3.63) is 36.0 Å². The Labute approximate surface area is 158 Å². The van der Waals surface area contributed by atoms with Crippen LogP contribution in [0.4, 0.5) is 23.1 Å². The molecule has 1 aliphatic rings. The number of nitrogens with one attached hydrogen (secondary N) is 2. The summed E-state index contributed by atoms with van der Waals surface area (Å²) >= 11 is 0. The first-order chi connectivity index (χ1) is 12.9. The van der Waals surface area contributed by atoms with Crippen molar-refractivity contribution in [2.45, 2.75) is 20.8 Å². The van der Waals surface area contributed by atoms with Gasteiger partial charge in [0.05, 0.1) is 0 Å². The lowest BCUT2D eigenvalue weighted by atomic mass is 10.2. The number of nitrogens with zero attached hydrogens (tertiary/aromatic N) is 4. The number of piperazine rings is 1. The van der Waals surface area contributed by atoms with Crippen LogP contribution in [0.3, 0.4) is 0 Å². The molecule has 3 rings (SSSR count). The maximum atomic E-state index is 11.5. The number of carbonyl (C=O) groups excluding carboxylic acids is 2. The zero-order chi connectivity index (χ0) is 19.4. The van der Waals surface area contributed by atoms with E-state index in [1.807, 2.05) is 42.2 Å². The molecular weight excluding hydrogens is 344 g/mol. The number of anilines is 4. The van der Waals surface area contributed by atoms with Crippen LogP contribution in [-0.2, 0) is 9.59 Å². The van der Waals surface area contributed by atoms with Crippen LogP contribution in [-0.4, -0.2) is 52.9 Å². The van der Waals surface area contributed by atoms with Gasteiger partial charge in [0.1, 0.15) is 5.82 Å². The van der Waals surface area contributed by atoms with E-state index < -0.39 is 0 Å². The molecule has 0 saturated carbocycles. The van der Waals surface area contributed by atoms with E-state index in [2.05, 4.69) is 25.5 Å². The fourth-order valence-corrected chi connectivity index (χ4v) is 3.03. The maximum absolute atomic E-state index is 11.5. The Morgan fingerprint density at radius 2 is 1.70 bits per heavy atom. The van der Waals surface area contributed by atoms with E-state index in [-0.39, 0.29) is 11.8 Å². The number of benzene rings is 1. The number of hydrogen-bond acceptors (Lipinski definition) is 6. The van der Waals surface area contributed by atoms with Crippen molar-refractivity contribution in [2.24, 2.45) is 0 Å². The van der Waals surface area contributed by atoms with Crippen LogP contribution >= 0.6 is 0 Å². The second-order valence-corrected chi connectivity index (χ2v) is 6.57. The lowest BCUT2D eigenvalue weighted by Crippen LogP contribution is -2.48. The lowest BCUT2D eigenvalue weighted by Gasteiger charge is -2.35. The Kier molecular flexibility index (Phi) is 5.54. The summed E-state index contributed by atoms with van der Waals surface area (Å²) in [6.45, 7) is 7.88. The van der Waals surface area contributed by atoms with Gasteiger partial charge in [-0.25, -0.2) is 4.98 Å². The smallest absolute Gasteiger partial charge is 0.229 e. The molecule has 142 valence electrons. The fourth-order valence-electron chi connectivity index (χ4n) is 3.03. The molecule has 2 aromatic rings. The second kappa shape index (κ2) is 8.03. The van der Waals surface area contributed by atoms with E-state index in [1.54, 1.807) is 6.92 Å². The molecule has 0 bridgehead atoms. The van der Waals surface area contributed by atoms with E-state index in [4.69, 9.17) is 0 Å². The highest BCUT2D eigenvalue weighted by Gasteiger charge is 2.20. The van der Waals surface area contributed by atoms with Gasteiger partial charge in [-0.1, -0.05) is 6.07 Å². The van der Waals surface area contributed by atoms with Gasteiger partial charge in [-0.3, -0.25) is 9.59 Å². The SMILES string of the molecule is CC(=O)Nc1cccc(Nc2nc(C)cc(N3CCN(C(C)=O)CC3)n2)c1. The van der Waals surface area contributed by atoms with Gasteiger partial charge in [-0.15, -0.1) is 0 Å². The molecule has 27 heavy (non-hydrogen) atoms. The largest absolute Gasteiger partial charge is 0.353 e. The molecule has 0 aliphatic carbocycles. The molecule has 0 spiro atoms. The Morgan fingerprint density at radius 1 is 1.00 bits per heavy atom. The van der Waals surface area contributed by atoms with Crippen LogP contribution in [0.15, 0.2) is 30.3 Å². The minimum atomic E-state index is -0.119. The molecule has 0 atom stereocenters. The monoisotopic (exact) mass is 368 g/mol. The molecule has 0 unspecified atom stereocenters. The normalized spacial score (nSPS) is 14.0. The lowest BCUT2D eigenvalue weighted by molar-refractivity contribution is -0.129. The van der Waals surface area contributed by atoms with Crippen molar-refractivity contribution in [1.29, 1.82) is 0 Å². The molecule has 1 aliphatic heterocycles. The molecule has 8 heteroatoms. The van der Waals surface area contributed by atoms with Crippen LogP contribution in [0.5, 0.6) is 0 Å². The summed E-state index contributed by atoms with van der Waals surface area (Å²) in [7, 11) is 0. The minimum Gasteiger partial charge on any atom is -0.353 e. The number of aromatic nitrogens is 2. The quantitative estimate of drug-likeness (QED) is 0.859. The molecule has 0 radical (unpaired) electrons. The summed E-state index contributed by atoms with van der Waals surface area (Å²) in [4.78, 5) is 35.8. The average Bonchev–Trinajstić information content (AvgIpc) is 2.61. The third-order valence-corrected chi connectivity index (χ3v) is 4.33. The van der Waals surface area contributed by atoms with Gasteiger partial charge in [0.15, 0.2) is 0 Å². The third kappa shape index (κ3) is 4.93. The van der Waals surface area contributed by atoms with E-state index in [0.29, 0.717) is 24.7 Å². The summed E-state index contributed by atoms with van der Waals surface area (Å²) in [5, 5.41) is 5.96. The number of rotatable bonds is 4.